The highest BCUT2D eigenvalue weighted by atomic mass is 16.5. The number of nitrogens with zero attached hydrogens (tertiary/aromatic N) is 1. The number of carboxylic acid groups (broad SMARTS) is 1. The molecule has 0 fully saturated rings. The monoisotopic (exact) mass is 417 g/mol. The highest BCUT2D eigenvalue weighted by Gasteiger charge is 2.11. The summed E-state index contributed by atoms with van der Waals surface area (Å²) in [6.45, 7) is 2.17. The van der Waals surface area contributed by atoms with E-state index in [4.69, 9.17) is 9.47 Å². The number of esters is 1. The van der Waals surface area contributed by atoms with Gasteiger partial charge < -0.3 is 14.6 Å². The van der Waals surface area contributed by atoms with Crippen LogP contribution < -0.4 is 4.74 Å². The lowest BCUT2D eigenvalue weighted by Gasteiger charge is -2.09. The van der Waals surface area contributed by atoms with Crippen molar-refractivity contribution in [2.24, 2.45) is 0 Å². The smallest absolute Gasteiger partial charge is 0.336 e. The first kappa shape index (κ1) is 21.8. The Labute approximate surface area is 180 Å². The molecule has 3 aromatic rings. The van der Waals surface area contributed by atoms with Crippen LogP contribution in [0.5, 0.6) is 11.5 Å². The number of carboxylic acids is 1. The van der Waals surface area contributed by atoms with E-state index >= 15 is 0 Å². The van der Waals surface area contributed by atoms with Gasteiger partial charge in [-0.15, -0.1) is 0 Å². The van der Waals surface area contributed by atoms with Crippen LogP contribution in [0.25, 0.3) is 11.6 Å². The first-order chi connectivity index (χ1) is 15.0. The van der Waals surface area contributed by atoms with Crippen LogP contribution in [0.15, 0.2) is 73.1 Å². The Balaban J connectivity index is 1.65. The lowest BCUT2D eigenvalue weighted by Crippen LogP contribution is -2.05. The zero-order chi connectivity index (χ0) is 22.1. The molecule has 0 amide bonds. The lowest BCUT2D eigenvalue weighted by molar-refractivity contribution is -0.143. The number of aromatic nitrogens is 1. The Morgan fingerprint density at radius 2 is 1.68 bits per heavy atom. The molecule has 0 radical (unpaired) electrons. The third-order valence-corrected chi connectivity index (χ3v) is 4.47. The maximum Gasteiger partial charge on any atom is 0.336 e. The van der Waals surface area contributed by atoms with Gasteiger partial charge in [0.2, 0.25) is 0 Å². The third-order valence-electron chi connectivity index (χ3n) is 4.47. The second kappa shape index (κ2) is 10.7. The van der Waals surface area contributed by atoms with Gasteiger partial charge in [0.1, 0.15) is 11.5 Å². The number of benzene rings is 2. The van der Waals surface area contributed by atoms with Crippen molar-refractivity contribution in [2.45, 2.75) is 19.8 Å². The van der Waals surface area contributed by atoms with Gasteiger partial charge in [-0.25, -0.2) is 4.79 Å². The Bertz CT molecular complexity index is 1040. The molecule has 6 nitrogen and oxygen atoms in total. The van der Waals surface area contributed by atoms with Crippen LogP contribution in [0.1, 0.15) is 30.0 Å². The topological polar surface area (TPSA) is 85.7 Å². The molecule has 0 atom stereocenters. The summed E-state index contributed by atoms with van der Waals surface area (Å²) in [6.07, 6.45) is 5.77. The molecule has 1 heterocycles. The molecule has 1 aromatic heterocycles. The van der Waals surface area contributed by atoms with Crippen molar-refractivity contribution in [3.63, 3.8) is 0 Å². The minimum Gasteiger partial charge on any atom is -0.478 e. The fourth-order valence-electron chi connectivity index (χ4n) is 2.94. The average Bonchev–Trinajstić information content (AvgIpc) is 2.78. The molecule has 0 saturated heterocycles. The molecule has 0 aliphatic heterocycles. The quantitative estimate of drug-likeness (QED) is 0.390. The van der Waals surface area contributed by atoms with Crippen LogP contribution in [-0.2, 0) is 20.7 Å². The second-order valence-corrected chi connectivity index (χ2v) is 6.72. The first-order valence-corrected chi connectivity index (χ1v) is 9.93. The van der Waals surface area contributed by atoms with Crippen molar-refractivity contribution >= 4 is 23.6 Å². The van der Waals surface area contributed by atoms with E-state index in [1.54, 1.807) is 61.8 Å². The molecule has 0 unspecified atom stereocenters. The lowest BCUT2D eigenvalue weighted by atomic mass is 10.0. The zero-order valence-electron chi connectivity index (χ0n) is 17.2. The molecule has 3 rings (SSSR count). The van der Waals surface area contributed by atoms with E-state index in [-0.39, 0.29) is 11.5 Å². The number of aliphatic carboxylic acids is 1. The van der Waals surface area contributed by atoms with Crippen molar-refractivity contribution < 1.29 is 24.2 Å². The van der Waals surface area contributed by atoms with E-state index in [2.05, 4.69) is 4.98 Å². The van der Waals surface area contributed by atoms with E-state index in [0.717, 1.165) is 5.56 Å². The van der Waals surface area contributed by atoms with Gasteiger partial charge in [0.25, 0.3) is 0 Å². The van der Waals surface area contributed by atoms with E-state index in [0.29, 0.717) is 42.1 Å². The fourth-order valence-corrected chi connectivity index (χ4v) is 2.94. The summed E-state index contributed by atoms with van der Waals surface area (Å²) in [4.78, 5) is 27.2. The number of hydrogen-bond donors (Lipinski definition) is 1. The molecule has 0 bridgehead atoms. The van der Waals surface area contributed by atoms with E-state index < -0.39 is 5.97 Å². The van der Waals surface area contributed by atoms with Gasteiger partial charge in [0.15, 0.2) is 0 Å². The molecule has 0 aliphatic rings. The molecule has 6 heteroatoms. The minimum absolute atomic E-state index is 0.172. The van der Waals surface area contributed by atoms with Gasteiger partial charge in [-0.2, -0.15) is 0 Å². The number of pyridine rings is 1. The van der Waals surface area contributed by atoms with E-state index in [1.165, 1.54) is 0 Å². The van der Waals surface area contributed by atoms with Crippen LogP contribution in [0.2, 0.25) is 0 Å². The standard InChI is InChI=1S/C25H23NO5/c1-2-30-24(27)14-7-18-5-10-21(11-6-18)31-22-12-8-20(9-13-22)23(25(28)29)16-19-4-3-15-26-17-19/h3-6,8-13,15-17H,2,7,14H2,1H3,(H,28,29)/b23-16-. The van der Waals surface area contributed by atoms with Crippen LogP contribution in [-0.4, -0.2) is 28.6 Å². The third kappa shape index (κ3) is 6.54. The Morgan fingerprint density at radius 1 is 1.00 bits per heavy atom. The predicted octanol–water partition coefficient (Wildman–Crippen LogP) is 4.99. The highest BCUT2D eigenvalue weighted by molar-refractivity contribution is 6.20. The summed E-state index contributed by atoms with van der Waals surface area (Å²) in [6, 6.07) is 17.9. The average molecular weight is 417 g/mol. The van der Waals surface area contributed by atoms with Crippen LogP contribution in [0, 0.1) is 0 Å². The molecular formula is C25H23NO5. The number of rotatable bonds is 9. The normalized spacial score (nSPS) is 11.1. The number of carbonyl (C=O) groups is 2. The SMILES string of the molecule is CCOC(=O)CCc1ccc(Oc2ccc(/C(=C/c3cccnc3)C(=O)O)cc2)cc1. The number of hydrogen-bond acceptors (Lipinski definition) is 5. The Morgan fingerprint density at radius 3 is 2.26 bits per heavy atom. The van der Waals surface area contributed by atoms with Crippen LogP contribution in [0.3, 0.4) is 0 Å². The molecule has 31 heavy (non-hydrogen) atoms. The van der Waals surface area contributed by atoms with Gasteiger partial charge in [0.05, 0.1) is 12.2 Å². The molecule has 0 spiro atoms. The molecule has 158 valence electrons. The molecule has 1 N–H and O–H groups in total. The second-order valence-electron chi connectivity index (χ2n) is 6.72. The fraction of sp³-hybridized carbons (Fsp3) is 0.160. The Hall–Kier alpha value is -3.93. The number of ether oxygens (including phenoxy) is 2. The van der Waals surface area contributed by atoms with E-state index in [9.17, 15) is 14.7 Å². The summed E-state index contributed by atoms with van der Waals surface area (Å²) in [5, 5.41) is 9.58. The van der Waals surface area contributed by atoms with Crippen molar-refractivity contribution in [2.75, 3.05) is 6.61 Å². The van der Waals surface area contributed by atoms with Crippen LogP contribution in [0.4, 0.5) is 0 Å². The van der Waals surface area contributed by atoms with Gasteiger partial charge in [-0.05, 0) is 66.4 Å². The maximum atomic E-state index is 11.7. The minimum atomic E-state index is -1.02. The van der Waals surface area contributed by atoms with Crippen molar-refractivity contribution in [1.29, 1.82) is 0 Å². The van der Waals surface area contributed by atoms with Gasteiger partial charge in [-0.3, -0.25) is 9.78 Å². The molecule has 0 saturated carbocycles. The van der Waals surface area contributed by atoms with Gasteiger partial charge in [0, 0.05) is 18.8 Å². The molecule has 2 aromatic carbocycles. The van der Waals surface area contributed by atoms with Crippen molar-refractivity contribution in [3.05, 3.63) is 89.7 Å². The number of aryl methyl sites for hydroxylation is 1. The van der Waals surface area contributed by atoms with Crippen LogP contribution >= 0.6 is 0 Å². The molecule has 0 aliphatic carbocycles. The Kier molecular flexibility index (Phi) is 7.54. The molecular weight excluding hydrogens is 394 g/mol. The number of carbonyl (C=O) groups excluding carboxylic acids is 1. The van der Waals surface area contributed by atoms with Gasteiger partial charge >= 0.3 is 11.9 Å². The van der Waals surface area contributed by atoms with Crippen molar-refractivity contribution in [1.82, 2.24) is 4.98 Å². The van der Waals surface area contributed by atoms with Gasteiger partial charge in [-0.1, -0.05) is 30.3 Å². The maximum absolute atomic E-state index is 11.7. The summed E-state index contributed by atoms with van der Waals surface area (Å²) in [7, 11) is 0. The summed E-state index contributed by atoms with van der Waals surface area (Å²) >= 11 is 0. The summed E-state index contributed by atoms with van der Waals surface area (Å²) < 4.78 is 10.8. The van der Waals surface area contributed by atoms with E-state index in [1.807, 2.05) is 24.3 Å². The summed E-state index contributed by atoms with van der Waals surface area (Å²) in [5.41, 5.74) is 2.47. The largest absolute Gasteiger partial charge is 0.478 e. The first-order valence-electron chi connectivity index (χ1n) is 9.93. The van der Waals surface area contributed by atoms with Crippen molar-refractivity contribution in [3.8, 4) is 11.5 Å². The highest BCUT2D eigenvalue weighted by Crippen LogP contribution is 2.25. The summed E-state index contributed by atoms with van der Waals surface area (Å²) in [5.74, 6) is 0.0169. The zero-order valence-corrected chi connectivity index (χ0v) is 17.2. The predicted molar refractivity (Wildman–Crippen MR) is 118 cm³/mol.